The van der Waals surface area contributed by atoms with Crippen molar-refractivity contribution >= 4 is 17.7 Å². The van der Waals surface area contributed by atoms with Crippen molar-refractivity contribution in [2.75, 3.05) is 25.0 Å². The van der Waals surface area contributed by atoms with Crippen molar-refractivity contribution in [2.24, 2.45) is 0 Å². The Morgan fingerprint density at radius 1 is 1.27 bits per heavy atom. The molecule has 2 aromatic rings. The molecule has 1 atom stereocenters. The molecule has 1 aliphatic heterocycles. The number of rotatable bonds is 4. The summed E-state index contributed by atoms with van der Waals surface area (Å²) in [5.41, 5.74) is 3.13. The van der Waals surface area contributed by atoms with E-state index >= 15 is 0 Å². The van der Waals surface area contributed by atoms with E-state index in [4.69, 9.17) is 0 Å². The zero-order valence-electron chi connectivity index (χ0n) is 17.2. The lowest BCUT2D eigenvalue weighted by atomic mass is 10.0. The molecule has 0 bridgehead atoms. The first-order valence-electron chi connectivity index (χ1n) is 9.64. The van der Waals surface area contributed by atoms with Crippen LogP contribution in [0.1, 0.15) is 39.8 Å². The first kappa shape index (κ1) is 21.2. The quantitative estimate of drug-likeness (QED) is 0.796. The van der Waals surface area contributed by atoms with E-state index in [1.807, 2.05) is 19.9 Å². The SMILES string of the molecule is Cc1ncc(C(=O)Nc2cc(C#N)cc(CN3CCN(C(=O)O)C(C)C3)c2C)cn1. The number of nitrogens with one attached hydrogen (secondary N) is 1. The molecule has 3 rings (SSSR count). The van der Waals surface area contributed by atoms with E-state index in [9.17, 15) is 20.0 Å². The number of hydrogen-bond acceptors (Lipinski definition) is 6. The van der Waals surface area contributed by atoms with Gasteiger partial charge in [0.2, 0.25) is 0 Å². The van der Waals surface area contributed by atoms with E-state index in [2.05, 4.69) is 26.3 Å². The van der Waals surface area contributed by atoms with E-state index in [-0.39, 0.29) is 11.9 Å². The molecule has 9 nitrogen and oxygen atoms in total. The van der Waals surface area contributed by atoms with Gasteiger partial charge in [-0.2, -0.15) is 5.26 Å². The Bertz CT molecular complexity index is 999. The average molecular weight is 408 g/mol. The molecule has 1 unspecified atom stereocenters. The predicted octanol–water partition coefficient (Wildman–Crippen LogP) is 2.40. The van der Waals surface area contributed by atoms with Gasteiger partial charge in [-0.05, 0) is 44.0 Å². The zero-order valence-corrected chi connectivity index (χ0v) is 17.2. The summed E-state index contributed by atoms with van der Waals surface area (Å²) in [6.07, 6.45) is 2.02. The van der Waals surface area contributed by atoms with Crippen molar-refractivity contribution in [3.63, 3.8) is 0 Å². The lowest BCUT2D eigenvalue weighted by Gasteiger charge is -2.38. The number of anilines is 1. The third-order valence-corrected chi connectivity index (χ3v) is 5.29. The Morgan fingerprint density at radius 3 is 2.57 bits per heavy atom. The zero-order chi connectivity index (χ0) is 21.8. The topological polar surface area (TPSA) is 122 Å². The van der Waals surface area contributed by atoms with Gasteiger partial charge in [-0.25, -0.2) is 14.8 Å². The molecule has 2 amide bonds. The van der Waals surface area contributed by atoms with Crippen molar-refractivity contribution in [1.82, 2.24) is 19.8 Å². The fourth-order valence-electron chi connectivity index (χ4n) is 3.54. The molecule has 30 heavy (non-hydrogen) atoms. The smallest absolute Gasteiger partial charge is 0.407 e. The van der Waals surface area contributed by atoms with Crippen LogP contribution in [-0.2, 0) is 6.54 Å². The highest BCUT2D eigenvalue weighted by molar-refractivity contribution is 6.04. The summed E-state index contributed by atoms with van der Waals surface area (Å²) in [5, 5.41) is 21.5. The van der Waals surface area contributed by atoms with Crippen LogP contribution in [0.5, 0.6) is 0 Å². The molecule has 156 valence electrons. The molecule has 0 saturated carbocycles. The highest BCUT2D eigenvalue weighted by Gasteiger charge is 2.27. The summed E-state index contributed by atoms with van der Waals surface area (Å²) in [4.78, 5) is 35.5. The summed E-state index contributed by atoms with van der Waals surface area (Å²) in [7, 11) is 0. The van der Waals surface area contributed by atoms with Gasteiger partial charge >= 0.3 is 6.09 Å². The number of aryl methyl sites for hydroxylation is 1. The highest BCUT2D eigenvalue weighted by atomic mass is 16.4. The molecule has 1 aromatic heterocycles. The molecule has 2 heterocycles. The minimum Gasteiger partial charge on any atom is -0.465 e. The molecule has 0 spiro atoms. The maximum absolute atomic E-state index is 12.6. The van der Waals surface area contributed by atoms with E-state index in [0.29, 0.717) is 48.8 Å². The molecular formula is C21H24N6O3. The number of carbonyl (C=O) groups excluding carboxylic acids is 1. The van der Waals surface area contributed by atoms with Crippen LogP contribution in [0.25, 0.3) is 0 Å². The normalized spacial score (nSPS) is 16.7. The standard InChI is InChI=1S/C21H24N6O3/c1-13-11-26(4-5-27(13)21(29)30)12-17-6-16(8-22)7-19(14(17)2)25-20(28)18-9-23-15(3)24-10-18/h6-7,9-10,13H,4-5,11-12H2,1-3H3,(H,25,28)(H,29,30). The Morgan fingerprint density at radius 2 is 1.97 bits per heavy atom. The minimum absolute atomic E-state index is 0.114. The molecule has 1 aromatic carbocycles. The van der Waals surface area contributed by atoms with Gasteiger partial charge in [0.15, 0.2) is 0 Å². The average Bonchev–Trinajstić information content (AvgIpc) is 2.71. The third kappa shape index (κ3) is 4.72. The van der Waals surface area contributed by atoms with Gasteiger partial charge in [-0.3, -0.25) is 9.69 Å². The maximum Gasteiger partial charge on any atom is 0.407 e. The third-order valence-electron chi connectivity index (χ3n) is 5.29. The van der Waals surface area contributed by atoms with Crippen molar-refractivity contribution in [3.05, 3.63) is 52.6 Å². The largest absolute Gasteiger partial charge is 0.465 e. The second-order valence-electron chi connectivity index (χ2n) is 7.45. The number of hydrogen-bond donors (Lipinski definition) is 2. The Balaban J connectivity index is 1.79. The minimum atomic E-state index is -0.908. The molecule has 0 radical (unpaired) electrons. The van der Waals surface area contributed by atoms with Crippen LogP contribution in [0.2, 0.25) is 0 Å². The lowest BCUT2D eigenvalue weighted by Crippen LogP contribution is -2.53. The lowest BCUT2D eigenvalue weighted by molar-refractivity contribution is 0.0710. The molecule has 1 saturated heterocycles. The Hall–Kier alpha value is -3.51. The summed E-state index contributed by atoms with van der Waals surface area (Å²) in [5.74, 6) is 0.233. The van der Waals surface area contributed by atoms with Crippen molar-refractivity contribution < 1.29 is 14.7 Å². The fourth-order valence-corrected chi connectivity index (χ4v) is 3.54. The summed E-state index contributed by atoms with van der Waals surface area (Å²) < 4.78 is 0. The molecular weight excluding hydrogens is 384 g/mol. The number of carbonyl (C=O) groups is 2. The monoisotopic (exact) mass is 408 g/mol. The van der Waals surface area contributed by atoms with E-state index in [1.165, 1.54) is 17.3 Å². The molecule has 2 N–H and O–H groups in total. The van der Waals surface area contributed by atoms with Crippen molar-refractivity contribution in [1.29, 1.82) is 5.26 Å². The number of carboxylic acid groups (broad SMARTS) is 1. The second kappa shape index (κ2) is 8.88. The van der Waals surface area contributed by atoms with Gasteiger partial charge in [-0.15, -0.1) is 0 Å². The van der Waals surface area contributed by atoms with Gasteiger partial charge in [0.25, 0.3) is 5.91 Å². The van der Waals surface area contributed by atoms with Crippen LogP contribution < -0.4 is 5.32 Å². The van der Waals surface area contributed by atoms with E-state index < -0.39 is 6.09 Å². The van der Waals surface area contributed by atoms with Crippen molar-refractivity contribution in [2.45, 2.75) is 33.4 Å². The first-order chi connectivity index (χ1) is 14.3. The molecule has 1 fully saturated rings. The highest BCUT2D eigenvalue weighted by Crippen LogP contribution is 2.25. The van der Waals surface area contributed by atoms with E-state index in [0.717, 1.165) is 11.1 Å². The van der Waals surface area contributed by atoms with Crippen LogP contribution in [0.4, 0.5) is 10.5 Å². The van der Waals surface area contributed by atoms with Crippen LogP contribution in [0.3, 0.4) is 0 Å². The molecule has 0 aliphatic carbocycles. The van der Waals surface area contributed by atoms with Gasteiger partial charge in [-0.1, -0.05) is 0 Å². The predicted molar refractivity (Wildman–Crippen MR) is 110 cm³/mol. The summed E-state index contributed by atoms with van der Waals surface area (Å²) in [6.45, 7) is 7.73. The molecule has 9 heteroatoms. The van der Waals surface area contributed by atoms with Crippen LogP contribution in [0, 0.1) is 25.2 Å². The van der Waals surface area contributed by atoms with Crippen LogP contribution in [-0.4, -0.2) is 62.6 Å². The number of piperazine rings is 1. The Labute approximate surface area is 175 Å². The second-order valence-corrected chi connectivity index (χ2v) is 7.45. The van der Waals surface area contributed by atoms with Gasteiger partial charge in [0.1, 0.15) is 5.82 Å². The number of amides is 2. The number of nitriles is 1. The summed E-state index contributed by atoms with van der Waals surface area (Å²) >= 11 is 0. The van der Waals surface area contributed by atoms with Gasteiger partial charge in [0.05, 0.1) is 17.2 Å². The van der Waals surface area contributed by atoms with Crippen LogP contribution >= 0.6 is 0 Å². The number of aromatic nitrogens is 2. The van der Waals surface area contributed by atoms with Gasteiger partial charge in [0, 0.05) is 50.3 Å². The van der Waals surface area contributed by atoms with Crippen molar-refractivity contribution in [3.8, 4) is 6.07 Å². The van der Waals surface area contributed by atoms with Crippen LogP contribution in [0.15, 0.2) is 24.5 Å². The van der Waals surface area contributed by atoms with E-state index in [1.54, 1.807) is 13.0 Å². The van der Waals surface area contributed by atoms with Gasteiger partial charge < -0.3 is 15.3 Å². The molecule has 1 aliphatic rings. The Kier molecular flexibility index (Phi) is 6.28. The fraction of sp³-hybridized carbons (Fsp3) is 0.381. The number of benzene rings is 1. The number of nitrogens with zero attached hydrogens (tertiary/aromatic N) is 5. The first-order valence-corrected chi connectivity index (χ1v) is 9.64. The summed E-state index contributed by atoms with van der Waals surface area (Å²) in [6, 6.07) is 5.49. The maximum atomic E-state index is 12.6.